The van der Waals surface area contributed by atoms with Crippen molar-refractivity contribution in [2.75, 3.05) is 18.0 Å². The summed E-state index contributed by atoms with van der Waals surface area (Å²) >= 11 is 0. The summed E-state index contributed by atoms with van der Waals surface area (Å²) in [7, 11) is 0. The van der Waals surface area contributed by atoms with Gasteiger partial charge in [0.25, 0.3) is 0 Å². The molecule has 2 aliphatic carbocycles. The molecule has 3 fully saturated rings. The largest absolute Gasteiger partial charge is 0.355 e. The van der Waals surface area contributed by atoms with Crippen LogP contribution in [-0.2, 0) is 0 Å². The molecule has 1 spiro atoms. The molecule has 22 heavy (non-hydrogen) atoms. The van der Waals surface area contributed by atoms with Crippen molar-refractivity contribution < 1.29 is 0 Å². The van der Waals surface area contributed by atoms with E-state index in [0.29, 0.717) is 11.3 Å². The average molecular weight is 297 g/mol. The summed E-state index contributed by atoms with van der Waals surface area (Å²) in [4.78, 5) is 2.46. The van der Waals surface area contributed by atoms with Crippen LogP contribution >= 0.6 is 0 Å². The minimum atomic E-state index is 0.584. The summed E-state index contributed by atoms with van der Waals surface area (Å²) in [5.74, 6) is 2.74. The Morgan fingerprint density at radius 3 is 2.45 bits per heavy atom. The first-order valence-electron chi connectivity index (χ1n) is 8.80. The van der Waals surface area contributed by atoms with Crippen LogP contribution in [0.5, 0.6) is 0 Å². The minimum absolute atomic E-state index is 0.584. The smallest absolute Gasteiger partial charge is 0.178 e. The third-order valence-corrected chi connectivity index (χ3v) is 6.03. The highest BCUT2D eigenvalue weighted by Crippen LogP contribution is 2.46. The monoisotopic (exact) mass is 297 g/mol. The van der Waals surface area contributed by atoms with E-state index < -0.39 is 0 Å². The van der Waals surface area contributed by atoms with Gasteiger partial charge in [0.15, 0.2) is 11.5 Å². The van der Waals surface area contributed by atoms with Crippen LogP contribution in [0, 0.1) is 5.41 Å². The first-order valence-corrected chi connectivity index (χ1v) is 8.80. The zero-order valence-corrected chi connectivity index (χ0v) is 13.0. The number of hydrogen-bond donors (Lipinski definition) is 0. The maximum absolute atomic E-state index is 4.85. The van der Waals surface area contributed by atoms with E-state index in [1.807, 2.05) is 4.52 Å². The van der Waals surface area contributed by atoms with Gasteiger partial charge in [0.1, 0.15) is 5.82 Å². The standard InChI is InChI=1S/C17H23N5/c1-2-8-17(7-1)9-11-21(12-10-17)15-6-5-14-18-19-16(13-3-4-13)22(14)20-15/h5-6,13H,1-4,7-12H2. The molecular formula is C17H23N5. The van der Waals surface area contributed by atoms with Crippen molar-refractivity contribution in [3.05, 3.63) is 18.0 Å². The predicted molar refractivity (Wildman–Crippen MR) is 85.1 cm³/mol. The lowest BCUT2D eigenvalue weighted by molar-refractivity contribution is 0.226. The maximum atomic E-state index is 4.85. The Hall–Kier alpha value is -1.65. The van der Waals surface area contributed by atoms with Crippen LogP contribution in [0.25, 0.3) is 5.65 Å². The van der Waals surface area contributed by atoms with Crippen molar-refractivity contribution in [1.29, 1.82) is 0 Å². The lowest BCUT2D eigenvalue weighted by Gasteiger charge is -2.39. The Morgan fingerprint density at radius 1 is 0.955 bits per heavy atom. The minimum Gasteiger partial charge on any atom is -0.355 e. The van der Waals surface area contributed by atoms with Gasteiger partial charge in [0, 0.05) is 19.0 Å². The van der Waals surface area contributed by atoms with Crippen molar-refractivity contribution in [1.82, 2.24) is 19.8 Å². The maximum Gasteiger partial charge on any atom is 0.178 e. The molecule has 1 saturated heterocycles. The molecule has 0 radical (unpaired) electrons. The van der Waals surface area contributed by atoms with Crippen LogP contribution in [0.15, 0.2) is 12.1 Å². The lowest BCUT2D eigenvalue weighted by Crippen LogP contribution is -2.39. The van der Waals surface area contributed by atoms with Crippen molar-refractivity contribution in [3.8, 4) is 0 Å². The van der Waals surface area contributed by atoms with E-state index in [2.05, 4.69) is 27.2 Å². The molecule has 2 aromatic heterocycles. The summed E-state index contributed by atoms with van der Waals surface area (Å²) in [6.45, 7) is 2.30. The fourth-order valence-corrected chi connectivity index (χ4v) is 4.40. The van der Waals surface area contributed by atoms with Crippen LogP contribution in [-0.4, -0.2) is 32.9 Å². The summed E-state index contributed by atoms with van der Waals surface area (Å²) in [5.41, 5.74) is 1.55. The molecule has 5 heteroatoms. The van der Waals surface area contributed by atoms with Gasteiger partial charge in [-0.1, -0.05) is 12.8 Å². The SMILES string of the molecule is c1cc2nnc(C3CC3)n2nc1N1CCC2(CCCC2)CC1. The van der Waals surface area contributed by atoms with Crippen molar-refractivity contribution in [2.24, 2.45) is 5.41 Å². The van der Waals surface area contributed by atoms with Crippen LogP contribution in [0.3, 0.4) is 0 Å². The first-order chi connectivity index (χ1) is 10.8. The second kappa shape index (κ2) is 4.67. The number of piperidine rings is 1. The molecule has 0 atom stereocenters. The Kier molecular flexibility index (Phi) is 2.73. The molecule has 5 rings (SSSR count). The van der Waals surface area contributed by atoms with Crippen molar-refractivity contribution in [3.63, 3.8) is 0 Å². The number of hydrogen-bond acceptors (Lipinski definition) is 4. The second-order valence-electron chi connectivity index (χ2n) is 7.49. The third-order valence-electron chi connectivity index (χ3n) is 6.03. The van der Waals surface area contributed by atoms with E-state index in [4.69, 9.17) is 5.10 Å². The van der Waals surface area contributed by atoms with Crippen molar-refractivity contribution in [2.45, 2.75) is 57.3 Å². The third kappa shape index (κ3) is 2.02. The summed E-state index contributed by atoms with van der Waals surface area (Å²) < 4.78 is 1.98. The van der Waals surface area contributed by atoms with Crippen LogP contribution in [0.4, 0.5) is 5.82 Å². The van der Waals surface area contributed by atoms with Gasteiger partial charge in [0.05, 0.1) is 0 Å². The second-order valence-corrected chi connectivity index (χ2v) is 7.49. The number of fused-ring (bicyclic) bond motifs is 1. The summed E-state index contributed by atoms with van der Waals surface area (Å²) in [5, 5.41) is 13.4. The van der Waals surface area contributed by atoms with Crippen LogP contribution in [0.2, 0.25) is 0 Å². The highest BCUT2D eigenvalue weighted by atomic mass is 15.4. The highest BCUT2D eigenvalue weighted by molar-refractivity contribution is 5.46. The van der Waals surface area contributed by atoms with E-state index in [-0.39, 0.29) is 0 Å². The molecule has 1 aliphatic heterocycles. The molecule has 0 aromatic carbocycles. The predicted octanol–water partition coefficient (Wildman–Crippen LogP) is 3.16. The zero-order chi connectivity index (χ0) is 14.6. The number of nitrogens with zero attached hydrogens (tertiary/aromatic N) is 5. The van der Waals surface area contributed by atoms with Gasteiger partial charge in [-0.05, 0) is 56.1 Å². The van der Waals surface area contributed by atoms with Gasteiger partial charge in [-0.2, -0.15) is 4.52 Å². The van der Waals surface area contributed by atoms with Gasteiger partial charge in [0.2, 0.25) is 0 Å². The van der Waals surface area contributed by atoms with E-state index >= 15 is 0 Å². The Labute approximate surface area is 130 Å². The molecule has 2 saturated carbocycles. The Bertz CT molecular complexity index is 686. The highest BCUT2D eigenvalue weighted by Gasteiger charge is 2.37. The molecule has 3 heterocycles. The Balaban J connectivity index is 1.41. The van der Waals surface area contributed by atoms with Gasteiger partial charge >= 0.3 is 0 Å². The molecule has 0 unspecified atom stereocenters. The molecule has 0 amide bonds. The van der Waals surface area contributed by atoms with E-state index in [1.54, 1.807) is 0 Å². The normalized spacial score (nSPS) is 24.5. The van der Waals surface area contributed by atoms with Crippen LogP contribution < -0.4 is 4.90 Å². The van der Waals surface area contributed by atoms with E-state index in [9.17, 15) is 0 Å². The molecule has 0 N–H and O–H groups in total. The molecule has 3 aliphatic rings. The topological polar surface area (TPSA) is 46.3 Å². The fraction of sp³-hybridized carbons (Fsp3) is 0.706. The first kappa shape index (κ1) is 12.9. The number of anilines is 1. The fourth-order valence-electron chi connectivity index (χ4n) is 4.40. The Morgan fingerprint density at radius 2 is 1.73 bits per heavy atom. The lowest BCUT2D eigenvalue weighted by atomic mass is 9.77. The van der Waals surface area contributed by atoms with Crippen molar-refractivity contribution >= 4 is 11.5 Å². The molecule has 0 bridgehead atoms. The van der Waals surface area contributed by atoms with Crippen LogP contribution in [0.1, 0.15) is 63.1 Å². The van der Waals surface area contributed by atoms with Gasteiger partial charge in [-0.15, -0.1) is 15.3 Å². The molecule has 2 aromatic rings. The summed E-state index contributed by atoms with van der Waals surface area (Å²) in [6.07, 6.45) is 10.9. The van der Waals surface area contributed by atoms with Gasteiger partial charge in [-0.3, -0.25) is 0 Å². The molecule has 116 valence electrons. The zero-order valence-electron chi connectivity index (χ0n) is 13.0. The number of aromatic nitrogens is 4. The molecule has 5 nitrogen and oxygen atoms in total. The average Bonchev–Trinajstić information content (AvgIpc) is 3.16. The van der Waals surface area contributed by atoms with Gasteiger partial charge < -0.3 is 4.90 Å². The van der Waals surface area contributed by atoms with Gasteiger partial charge in [-0.25, -0.2) is 0 Å². The number of rotatable bonds is 2. The van der Waals surface area contributed by atoms with E-state index in [0.717, 1.165) is 30.4 Å². The summed E-state index contributed by atoms with van der Waals surface area (Å²) in [6, 6.07) is 4.19. The van der Waals surface area contributed by atoms with E-state index in [1.165, 1.54) is 51.4 Å². The quantitative estimate of drug-likeness (QED) is 0.854. The molecular weight excluding hydrogens is 274 g/mol.